The van der Waals surface area contributed by atoms with Crippen molar-refractivity contribution in [3.63, 3.8) is 0 Å². The number of rotatable bonds is 9. The molecule has 47 heavy (non-hydrogen) atoms. The van der Waals surface area contributed by atoms with Crippen LogP contribution in [-0.4, -0.2) is 90.6 Å². The van der Waals surface area contributed by atoms with E-state index in [0.29, 0.717) is 46.4 Å². The van der Waals surface area contributed by atoms with E-state index in [2.05, 4.69) is 37.0 Å². The Hall–Kier alpha value is -4.39. The fourth-order valence-electron chi connectivity index (χ4n) is 6.64. The first-order valence-corrected chi connectivity index (χ1v) is 16.4. The number of hydrogen-bond donors (Lipinski definition) is 2. The average Bonchev–Trinajstić information content (AvgIpc) is 3.59. The number of carbonyl (C=O) groups excluding carboxylic acids is 2. The molecule has 0 saturated carbocycles. The van der Waals surface area contributed by atoms with Crippen LogP contribution in [0.1, 0.15) is 37.8 Å². The number of nitrogens with zero attached hydrogens (tertiary/aromatic N) is 6. The minimum atomic E-state index is -0.303. The third-order valence-electron chi connectivity index (χ3n) is 9.12. The monoisotopic (exact) mass is 660 g/mol. The number of benzene rings is 2. The normalized spacial score (nSPS) is 19.0. The molecule has 3 aromatic rings. The largest absolute Gasteiger partial charge is 0.494 e. The number of halogens is 1. The van der Waals surface area contributed by atoms with Crippen LogP contribution < -0.4 is 25.3 Å². The van der Waals surface area contributed by atoms with Crippen LogP contribution in [0.4, 0.5) is 28.7 Å². The van der Waals surface area contributed by atoms with E-state index in [1.165, 1.54) is 12.4 Å². The van der Waals surface area contributed by atoms with E-state index in [9.17, 15) is 9.59 Å². The molecule has 3 fully saturated rings. The van der Waals surface area contributed by atoms with Gasteiger partial charge in [-0.3, -0.25) is 19.3 Å². The summed E-state index contributed by atoms with van der Waals surface area (Å²) in [5, 5.41) is 8.82. The van der Waals surface area contributed by atoms with Gasteiger partial charge in [-0.25, -0.2) is 15.0 Å². The zero-order chi connectivity index (χ0) is 32.9. The maximum atomic E-state index is 12.6. The summed E-state index contributed by atoms with van der Waals surface area (Å²) >= 11 is 6.27. The van der Waals surface area contributed by atoms with E-state index in [4.69, 9.17) is 21.2 Å². The molecule has 0 spiro atoms. The van der Waals surface area contributed by atoms with Crippen molar-refractivity contribution >= 4 is 52.1 Å². The number of nitrogens with one attached hydrogen (secondary N) is 2. The molecule has 1 aromatic heterocycles. The highest BCUT2D eigenvalue weighted by Gasteiger charge is 2.31. The van der Waals surface area contributed by atoms with Gasteiger partial charge >= 0.3 is 0 Å². The van der Waals surface area contributed by atoms with Gasteiger partial charge in [-0.05, 0) is 42.7 Å². The second-order valence-electron chi connectivity index (χ2n) is 11.9. The lowest BCUT2D eigenvalue weighted by Gasteiger charge is -2.43. The van der Waals surface area contributed by atoms with Crippen molar-refractivity contribution in [1.29, 1.82) is 0 Å². The van der Waals surface area contributed by atoms with Gasteiger partial charge in [0.2, 0.25) is 11.8 Å². The summed E-state index contributed by atoms with van der Waals surface area (Å²) in [5.74, 6) is 1.58. The summed E-state index contributed by atoms with van der Waals surface area (Å²) in [7, 11) is 1.62. The second-order valence-corrected chi connectivity index (χ2v) is 12.4. The maximum absolute atomic E-state index is 12.6. The molecule has 2 N–H and O–H groups in total. The number of carbonyl (C=O) groups is 2. The van der Waals surface area contributed by atoms with Crippen LogP contribution in [0, 0.1) is 0 Å². The van der Waals surface area contributed by atoms with E-state index in [-0.39, 0.29) is 17.9 Å². The number of hydroxylamine groups is 1. The molecular formula is C34H41ClN8O4. The van der Waals surface area contributed by atoms with Crippen LogP contribution in [0.5, 0.6) is 5.75 Å². The van der Waals surface area contributed by atoms with Gasteiger partial charge in [-0.1, -0.05) is 30.3 Å². The smallest absolute Gasteiger partial charge is 0.247 e. The first kappa shape index (κ1) is 32.5. The van der Waals surface area contributed by atoms with Crippen molar-refractivity contribution in [3.8, 4) is 5.75 Å². The van der Waals surface area contributed by atoms with Crippen LogP contribution in [0.2, 0.25) is 5.02 Å². The minimum Gasteiger partial charge on any atom is -0.494 e. The first-order valence-electron chi connectivity index (χ1n) is 16.0. The van der Waals surface area contributed by atoms with E-state index >= 15 is 0 Å². The fourth-order valence-corrected chi connectivity index (χ4v) is 6.84. The van der Waals surface area contributed by atoms with Crippen LogP contribution in [0.25, 0.3) is 0 Å². The lowest BCUT2D eigenvalue weighted by molar-refractivity contribution is -0.131. The van der Waals surface area contributed by atoms with Gasteiger partial charge in [0.15, 0.2) is 5.82 Å². The van der Waals surface area contributed by atoms with Crippen molar-refractivity contribution in [3.05, 3.63) is 72.0 Å². The van der Waals surface area contributed by atoms with E-state index in [1.807, 2.05) is 47.4 Å². The Morgan fingerprint density at radius 2 is 1.81 bits per heavy atom. The van der Waals surface area contributed by atoms with Crippen LogP contribution in [-0.2, 0) is 14.4 Å². The number of hydrogen-bond acceptors (Lipinski definition) is 10. The quantitative estimate of drug-likeness (QED) is 0.303. The molecule has 248 valence electrons. The molecule has 12 nitrogen and oxygen atoms in total. The number of methoxy groups -OCH3 is 1. The highest BCUT2D eigenvalue weighted by Crippen LogP contribution is 2.41. The van der Waals surface area contributed by atoms with Gasteiger partial charge in [-0.2, -0.15) is 0 Å². The first-order chi connectivity index (χ1) is 22.8. The lowest BCUT2D eigenvalue weighted by atomic mass is 10.0. The number of aromatic nitrogens is 2. The zero-order valence-electron chi connectivity index (χ0n) is 26.8. The molecule has 0 aliphatic carbocycles. The highest BCUT2D eigenvalue weighted by molar-refractivity contribution is 6.30. The van der Waals surface area contributed by atoms with Gasteiger partial charge in [0, 0.05) is 75.8 Å². The molecule has 1 atom stereocenters. The summed E-state index contributed by atoms with van der Waals surface area (Å²) in [6.07, 6.45) is 5.50. The van der Waals surface area contributed by atoms with Crippen molar-refractivity contribution in [1.82, 2.24) is 19.8 Å². The number of amides is 2. The van der Waals surface area contributed by atoms with E-state index < -0.39 is 0 Å². The molecule has 0 radical (unpaired) electrons. The van der Waals surface area contributed by atoms with Gasteiger partial charge in [0.05, 0.1) is 36.8 Å². The van der Waals surface area contributed by atoms with E-state index in [1.54, 1.807) is 19.1 Å². The lowest BCUT2D eigenvalue weighted by Crippen LogP contribution is -2.54. The Labute approximate surface area is 280 Å². The fraction of sp³-hybridized carbons (Fsp3) is 0.412. The summed E-state index contributed by atoms with van der Waals surface area (Å²) < 4.78 is 5.84. The Morgan fingerprint density at radius 1 is 1.02 bits per heavy atom. The molecule has 2 aromatic carbocycles. The predicted octanol–water partition coefficient (Wildman–Crippen LogP) is 5.02. The molecule has 3 aliphatic heterocycles. The van der Waals surface area contributed by atoms with Crippen molar-refractivity contribution in [2.24, 2.45) is 0 Å². The van der Waals surface area contributed by atoms with Crippen molar-refractivity contribution < 1.29 is 19.2 Å². The maximum Gasteiger partial charge on any atom is 0.247 e. The molecule has 0 bridgehead atoms. The summed E-state index contributed by atoms with van der Waals surface area (Å²) in [6.45, 7) is 10.8. The molecule has 3 aliphatic rings. The Bertz CT molecular complexity index is 1610. The highest BCUT2D eigenvalue weighted by atomic mass is 35.5. The van der Waals surface area contributed by atoms with Crippen LogP contribution >= 0.6 is 11.6 Å². The molecule has 2 amide bonds. The Morgan fingerprint density at radius 3 is 2.51 bits per heavy atom. The van der Waals surface area contributed by atoms with Crippen molar-refractivity contribution in [2.75, 3.05) is 73.6 Å². The molecule has 3 saturated heterocycles. The topological polar surface area (TPSA) is 115 Å². The summed E-state index contributed by atoms with van der Waals surface area (Å²) in [4.78, 5) is 46.0. The van der Waals surface area contributed by atoms with Crippen LogP contribution in [0.3, 0.4) is 0 Å². The SMILES string of the molecule is C=CC(=O)Nc1cc(Nc2cc(N3OCCC3c3cccc(Cl)c3)ncn2)c(OC)cc1N1CCC(N2CCN(C(C)=O)CC2)CC1. The predicted molar refractivity (Wildman–Crippen MR) is 183 cm³/mol. The van der Waals surface area contributed by atoms with Gasteiger partial charge in [0.1, 0.15) is 17.9 Å². The molecule has 13 heteroatoms. The minimum absolute atomic E-state index is 0.0414. The zero-order valence-corrected chi connectivity index (χ0v) is 27.6. The van der Waals surface area contributed by atoms with Gasteiger partial charge < -0.3 is 25.2 Å². The number of piperazine rings is 1. The average molecular weight is 661 g/mol. The summed E-state index contributed by atoms with van der Waals surface area (Å²) in [5.41, 5.74) is 3.19. The molecule has 6 rings (SSSR count). The molecule has 1 unspecified atom stereocenters. The number of piperidine rings is 1. The molecular weight excluding hydrogens is 620 g/mol. The van der Waals surface area contributed by atoms with Crippen LogP contribution in [0.15, 0.2) is 61.4 Å². The third-order valence-corrected chi connectivity index (χ3v) is 9.36. The molecule has 4 heterocycles. The second kappa shape index (κ2) is 14.6. The summed E-state index contributed by atoms with van der Waals surface area (Å²) in [6, 6.07) is 13.8. The Balaban J connectivity index is 1.20. The standard InChI is InChI=1S/C34H41ClN8O4/c1-4-34(45)39-27-19-28(38-32-21-33(37-22-36-32)43-29(10-17-47-43)24-6-5-7-25(35)18-24)31(46-3)20-30(27)42-11-8-26(9-12-42)41-15-13-40(14-16-41)23(2)44/h4-7,18-22,26,29H,1,8-17H2,2-3H3,(H,39,45)(H,36,37,38). The third kappa shape index (κ3) is 7.45. The van der Waals surface area contributed by atoms with E-state index in [0.717, 1.165) is 69.8 Å². The van der Waals surface area contributed by atoms with Gasteiger partial charge in [-0.15, -0.1) is 0 Å². The number of anilines is 5. The Kier molecular flexibility index (Phi) is 10.1. The van der Waals surface area contributed by atoms with Gasteiger partial charge in [0.25, 0.3) is 0 Å². The number of ether oxygens (including phenoxy) is 1. The van der Waals surface area contributed by atoms with Crippen molar-refractivity contribution in [2.45, 2.75) is 38.3 Å².